The Morgan fingerprint density at radius 2 is 2.06 bits per heavy atom. The summed E-state index contributed by atoms with van der Waals surface area (Å²) in [5, 5.41) is 8.15. The molecule has 84 valence electrons. The number of halogens is 1. The molecule has 0 radical (unpaired) electrons. The van der Waals surface area contributed by atoms with Gasteiger partial charge in [0.25, 0.3) is 5.17 Å². The number of amidine groups is 1. The quantitative estimate of drug-likeness (QED) is 0.461. The van der Waals surface area contributed by atoms with Gasteiger partial charge in [0.2, 0.25) is 0 Å². The van der Waals surface area contributed by atoms with Crippen LogP contribution < -0.4 is 23.5 Å². The summed E-state index contributed by atoms with van der Waals surface area (Å²) < 4.78 is 0. The Balaban J connectivity index is 0.00000128. The fourth-order valence-electron chi connectivity index (χ4n) is 1.45. The molecule has 0 aliphatic rings. The van der Waals surface area contributed by atoms with Crippen molar-refractivity contribution < 1.29 is 17.8 Å². The van der Waals surface area contributed by atoms with Crippen molar-refractivity contribution in [1.29, 1.82) is 0 Å². The Kier molecular flexibility index (Phi) is 4.58. The highest BCUT2D eigenvalue weighted by atomic mass is 35.5. The van der Waals surface area contributed by atoms with E-state index in [2.05, 4.69) is 17.1 Å². The summed E-state index contributed by atoms with van der Waals surface area (Å²) in [6, 6.07) is 10.2. The summed E-state index contributed by atoms with van der Waals surface area (Å²) in [6.45, 7) is 0. The van der Waals surface area contributed by atoms with E-state index >= 15 is 0 Å². The van der Waals surface area contributed by atoms with Crippen LogP contribution in [0.15, 0.2) is 36.5 Å². The number of nitrogens with two attached hydrogens (primary N) is 2. The molecule has 0 atom stereocenters. The smallest absolute Gasteiger partial charge is 0.300 e. The number of fused-ring (bicyclic) bond motifs is 1. The van der Waals surface area contributed by atoms with E-state index in [-0.39, 0.29) is 12.4 Å². The van der Waals surface area contributed by atoms with E-state index in [4.69, 9.17) is 11.1 Å². The third-order valence-electron chi connectivity index (χ3n) is 2.13. The van der Waals surface area contributed by atoms with Gasteiger partial charge in [-0.2, -0.15) is 0 Å². The maximum absolute atomic E-state index is 5.41. The summed E-state index contributed by atoms with van der Waals surface area (Å²) in [5.41, 5.74) is 6.43. The van der Waals surface area contributed by atoms with Gasteiger partial charge in [0.1, 0.15) is 0 Å². The lowest BCUT2D eigenvalue weighted by molar-refractivity contribution is -0.110. The van der Waals surface area contributed by atoms with Crippen LogP contribution in [0.25, 0.3) is 10.8 Å². The van der Waals surface area contributed by atoms with Crippen molar-refractivity contribution >= 4 is 27.7 Å². The lowest BCUT2D eigenvalue weighted by atomic mass is 10.1. The summed E-state index contributed by atoms with van der Waals surface area (Å²) in [5.74, 6) is 0.712. The molecule has 0 fully saturated rings. The SMILES string of the molecule is NC(=[NH2+])SCc1nccc2ccccc12.[Cl-]. The Labute approximate surface area is 104 Å². The molecule has 5 heteroatoms. The molecule has 1 heterocycles. The fraction of sp³-hybridized carbons (Fsp3) is 0.0909. The molecule has 1 aromatic heterocycles. The normalized spacial score (nSPS) is 9.75. The van der Waals surface area contributed by atoms with Crippen LogP contribution in [0.3, 0.4) is 0 Å². The number of thioether (sulfide) groups is 1. The van der Waals surface area contributed by atoms with E-state index in [9.17, 15) is 0 Å². The Bertz CT molecular complexity index is 496. The Hall–Kier alpha value is -1.26. The van der Waals surface area contributed by atoms with Crippen LogP contribution in [-0.4, -0.2) is 10.2 Å². The molecule has 0 aliphatic heterocycles. The molecule has 2 rings (SSSR count). The van der Waals surface area contributed by atoms with Gasteiger partial charge in [0, 0.05) is 17.3 Å². The van der Waals surface area contributed by atoms with Crippen LogP contribution in [0.2, 0.25) is 0 Å². The highest BCUT2D eigenvalue weighted by molar-refractivity contribution is 8.12. The second-order valence-electron chi connectivity index (χ2n) is 3.17. The first kappa shape index (κ1) is 12.8. The molecule has 0 aliphatic carbocycles. The zero-order chi connectivity index (χ0) is 10.7. The highest BCUT2D eigenvalue weighted by Crippen LogP contribution is 2.19. The molecule has 0 saturated heterocycles. The summed E-state index contributed by atoms with van der Waals surface area (Å²) in [7, 11) is 0. The topological polar surface area (TPSA) is 64.5 Å². The van der Waals surface area contributed by atoms with E-state index in [0.717, 1.165) is 11.1 Å². The van der Waals surface area contributed by atoms with E-state index in [1.165, 1.54) is 17.1 Å². The van der Waals surface area contributed by atoms with Crippen LogP contribution in [0.5, 0.6) is 0 Å². The number of rotatable bonds is 2. The van der Waals surface area contributed by atoms with E-state index in [1.54, 1.807) is 0 Å². The van der Waals surface area contributed by atoms with Gasteiger partial charge in [-0.15, -0.1) is 0 Å². The molecular weight excluding hydrogens is 242 g/mol. The number of aromatic nitrogens is 1. The van der Waals surface area contributed by atoms with Gasteiger partial charge >= 0.3 is 0 Å². The Morgan fingerprint density at radius 3 is 2.81 bits per heavy atom. The third-order valence-corrected chi connectivity index (χ3v) is 2.88. The molecule has 3 nitrogen and oxygen atoms in total. The predicted octanol–water partition coefficient (Wildman–Crippen LogP) is -2.45. The van der Waals surface area contributed by atoms with Crippen LogP contribution in [0.4, 0.5) is 0 Å². The molecule has 0 spiro atoms. The zero-order valence-corrected chi connectivity index (χ0v) is 10.1. The minimum atomic E-state index is 0. The van der Waals surface area contributed by atoms with E-state index in [0.29, 0.717) is 10.9 Å². The number of benzene rings is 1. The maximum Gasteiger partial charge on any atom is 0.300 e. The van der Waals surface area contributed by atoms with Crippen molar-refractivity contribution in [3.05, 3.63) is 42.2 Å². The molecule has 0 bridgehead atoms. The minimum Gasteiger partial charge on any atom is -1.00 e. The van der Waals surface area contributed by atoms with Crippen LogP contribution in [0, 0.1) is 0 Å². The molecule has 16 heavy (non-hydrogen) atoms. The molecule has 4 N–H and O–H groups in total. The predicted molar refractivity (Wildman–Crippen MR) is 64.2 cm³/mol. The number of hydrogen-bond donors (Lipinski definition) is 2. The first-order valence-corrected chi connectivity index (χ1v) is 5.59. The fourth-order valence-corrected chi connectivity index (χ4v) is 1.98. The van der Waals surface area contributed by atoms with Crippen LogP contribution in [-0.2, 0) is 5.75 Å². The summed E-state index contributed by atoms with van der Waals surface area (Å²) in [4.78, 5) is 4.33. The van der Waals surface area contributed by atoms with E-state index < -0.39 is 0 Å². The molecule has 0 unspecified atom stereocenters. The number of hydrogen-bond acceptors (Lipinski definition) is 2. The van der Waals surface area contributed by atoms with Gasteiger partial charge in [-0.05, 0) is 23.2 Å². The monoisotopic (exact) mass is 253 g/mol. The van der Waals surface area contributed by atoms with E-state index in [1.807, 2.05) is 24.4 Å². The summed E-state index contributed by atoms with van der Waals surface area (Å²) in [6.07, 6.45) is 1.81. The van der Waals surface area contributed by atoms with Gasteiger partial charge in [-0.3, -0.25) is 16.1 Å². The standard InChI is InChI=1S/C11H11N3S.ClH/c12-11(13)15-7-10-9-4-2-1-3-8(9)5-6-14-10;/h1-6H,7H2,(H3,12,13);1H. The first-order chi connectivity index (χ1) is 7.27. The van der Waals surface area contributed by atoms with Crippen molar-refractivity contribution in [2.75, 3.05) is 0 Å². The molecule has 0 saturated carbocycles. The van der Waals surface area contributed by atoms with Gasteiger partial charge in [-0.25, -0.2) is 0 Å². The number of pyridine rings is 1. The first-order valence-electron chi connectivity index (χ1n) is 4.60. The Morgan fingerprint density at radius 1 is 1.31 bits per heavy atom. The lowest BCUT2D eigenvalue weighted by Crippen LogP contribution is -3.00. The van der Waals surface area contributed by atoms with Crippen LogP contribution >= 0.6 is 11.8 Å². The van der Waals surface area contributed by atoms with Crippen molar-refractivity contribution in [3.63, 3.8) is 0 Å². The molecular formula is C11H12ClN3S. The molecule has 0 amide bonds. The largest absolute Gasteiger partial charge is 1.00 e. The van der Waals surface area contributed by atoms with Crippen molar-refractivity contribution in [2.24, 2.45) is 5.73 Å². The highest BCUT2D eigenvalue weighted by Gasteiger charge is 2.04. The zero-order valence-electron chi connectivity index (χ0n) is 8.56. The molecule has 2 aromatic rings. The average Bonchev–Trinajstić information content (AvgIpc) is 2.26. The summed E-state index contributed by atoms with van der Waals surface area (Å²) >= 11 is 1.41. The van der Waals surface area contributed by atoms with Crippen LogP contribution in [0.1, 0.15) is 5.69 Å². The second kappa shape index (κ2) is 5.72. The maximum atomic E-state index is 5.41. The van der Waals surface area contributed by atoms with Gasteiger partial charge < -0.3 is 12.4 Å². The second-order valence-corrected chi connectivity index (χ2v) is 4.22. The lowest BCUT2D eigenvalue weighted by Gasteiger charge is -2.02. The van der Waals surface area contributed by atoms with Crippen molar-refractivity contribution in [1.82, 2.24) is 4.98 Å². The molecule has 1 aromatic carbocycles. The number of nitrogens with zero attached hydrogens (tertiary/aromatic N) is 1. The van der Waals surface area contributed by atoms with Gasteiger partial charge in [-0.1, -0.05) is 24.3 Å². The van der Waals surface area contributed by atoms with Gasteiger partial charge in [0.15, 0.2) is 0 Å². The van der Waals surface area contributed by atoms with Gasteiger partial charge in [0.05, 0.1) is 5.69 Å². The third kappa shape index (κ3) is 2.87. The van der Waals surface area contributed by atoms with Crippen molar-refractivity contribution in [3.8, 4) is 0 Å². The van der Waals surface area contributed by atoms with Crippen molar-refractivity contribution in [2.45, 2.75) is 5.75 Å². The average molecular weight is 254 g/mol. The minimum absolute atomic E-state index is 0.